The average molecular weight is 371 g/mol. The number of piperidine rings is 1. The molecule has 0 unspecified atom stereocenters. The standard InChI is InChI=1S/C19H29N7O/c1-14-17(15(2)24-23-14)7-11-25(3)19(27)22-12-16-6-4-10-26(13-16)18-20-8-5-9-21-18/h5,8-9,16H,4,6-7,10-13H2,1-3H3,(H,22,27)(H,23,24)/t16-/m0/s1. The smallest absolute Gasteiger partial charge is 0.317 e. The number of hydrogen-bond donors (Lipinski definition) is 2. The summed E-state index contributed by atoms with van der Waals surface area (Å²) in [6, 6.07) is 1.80. The molecule has 0 spiro atoms. The van der Waals surface area contributed by atoms with Crippen molar-refractivity contribution in [1.29, 1.82) is 0 Å². The summed E-state index contributed by atoms with van der Waals surface area (Å²) in [6.45, 7) is 7.20. The molecule has 2 aromatic heterocycles. The van der Waals surface area contributed by atoms with Crippen LogP contribution in [0.1, 0.15) is 29.8 Å². The molecule has 2 N–H and O–H groups in total. The fourth-order valence-corrected chi connectivity index (χ4v) is 3.56. The maximum atomic E-state index is 12.4. The largest absolute Gasteiger partial charge is 0.340 e. The number of hydrogen-bond acceptors (Lipinski definition) is 5. The van der Waals surface area contributed by atoms with Crippen LogP contribution in [0.15, 0.2) is 18.5 Å². The van der Waals surface area contributed by atoms with E-state index >= 15 is 0 Å². The van der Waals surface area contributed by atoms with Gasteiger partial charge in [-0.1, -0.05) is 0 Å². The first-order valence-electron chi connectivity index (χ1n) is 9.56. The molecule has 3 heterocycles. The second-order valence-electron chi connectivity index (χ2n) is 7.27. The van der Waals surface area contributed by atoms with Gasteiger partial charge in [-0.15, -0.1) is 0 Å². The van der Waals surface area contributed by atoms with Gasteiger partial charge in [0.15, 0.2) is 0 Å². The number of carbonyl (C=O) groups excluding carboxylic acids is 1. The van der Waals surface area contributed by atoms with Crippen LogP contribution in [-0.4, -0.2) is 64.3 Å². The molecule has 0 radical (unpaired) electrons. The summed E-state index contributed by atoms with van der Waals surface area (Å²) in [6.07, 6.45) is 6.55. The molecule has 146 valence electrons. The Balaban J connectivity index is 1.44. The summed E-state index contributed by atoms with van der Waals surface area (Å²) in [5, 5.41) is 10.3. The third-order valence-corrected chi connectivity index (χ3v) is 5.22. The molecule has 2 aromatic rings. The number of H-pyrrole nitrogens is 1. The van der Waals surface area contributed by atoms with Crippen LogP contribution in [0.25, 0.3) is 0 Å². The van der Waals surface area contributed by atoms with Crippen LogP contribution in [0.2, 0.25) is 0 Å². The molecule has 8 heteroatoms. The van der Waals surface area contributed by atoms with Gasteiger partial charge in [0.1, 0.15) is 0 Å². The number of carbonyl (C=O) groups is 1. The van der Waals surface area contributed by atoms with Crippen molar-refractivity contribution in [3.63, 3.8) is 0 Å². The van der Waals surface area contributed by atoms with Crippen molar-refractivity contribution in [3.05, 3.63) is 35.4 Å². The predicted octanol–water partition coefficient (Wildman–Crippen LogP) is 1.92. The van der Waals surface area contributed by atoms with Gasteiger partial charge in [-0.05, 0) is 50.7 Å². The highest BCUT2D eigenvalue weighted by molar-refractivity contribution is 5.73. The van der Waals surface area contributed by atoms with E-state index in [2.05, 4.69) is 30.4 Å². The van der Waals surface area contributed by atoms with E-state index in [0.717, 1.165) is 49.7 Å². The van der Waals surface area contributed by atoms with Crippen LogP contribution in [0.5, 0.6) is 0 Å². The zero-order chi connectivity index (χ0) is 19.2. The minimum absolute atomic E-state index is 0.0260. The van der Waals surface area contributed by atoms with Gasteiger partial charge in [0.2, 0.25) is 5.95 Å². The molecule has 3 rings (SSSR count). The van der Waals surface area contributed by atoms with E-state index in [1.54, 1.807) is 17.3 Å². The first kappa shape index (κ1) is 19.1. The number of aromatic amines is 1. The van der Waals surface area contributed by atoms with Gasteiger partial charge in [-0.25, -0.2) is 14.8 Å². The molecule has 1 saturated heterocycles. The van der Waals surface area contributed by atoms with E-state index in [9.17, 15) is 4.79 Å². The van der Waals surface area contributed by atoms with E-state index in [-0.39, 0.29) is 6.03 Å². The van der Waals surface area contributed by atoms with Crippen molar-refractivity contribution in [2.24, 2.45) is 5.92 Å². The summed E-state index contributed by atoms with van der Waals surface area (Å²) in [7, 11) is 1.84. The lowest BCUT2D eigenvalue weighted by Gasteiger charge is -2.33. The van der Waals surface area contributed by atoms with Gasteiger partial charge in [0.05, 0.1) is 5.69 Å². The Bertz CT molecular complexity index is 726. The molecule has 1 aliphatic rings. The minimum Gasteiger partial charge on any atom is -0.340 e. The van der Waals surface area contributed by atoms with Crippen molar-refractivity contribution in [3.8, 4) is 0 Å². The van der Waals surface area contributed by atoms with Crippen LogP contribution in [0, 0.1) is 19.8 Å². The first-order chi connectivity index (χ1) is 13.0. The maximum absolute atomic E-state index is 12.4. The molecule has 27 heavy (non-hydrogen) atoms. The van der Waals surface area contributed by atoms with Crippen LogP contribution in [0.4, 0.5) is 10.7 Å². The minimum atomic E-state index is -0.0260. The molecule has 0 saturated carbocycles. The average Bonchev–Trinajstić information content (AvgIpc) is 3.02. The second kappa shape index (κ2) is 8.83. The number of nitrogens with one attached hydrogen (secondary N) is 2. The third kappa shape index (κ3) is 4.96. The number of likely N-dealkylation sites (N-methyl/N-ethyl adjacent to an activating group) is 1. The second-order valence-corrected chi connectivity index (χ2v) is 7.27. The number of urea groups is 1. The van der Waals surface area contributed by atoms with E-state index < -0.39 is 0 Å². The van der Waals surface area contributed by atoms with Gasteiger partial charge in [-0.2, -0.15) is 5.10 Å². The number of aromatic nitrogens is 4. The van der Waals surface area contributed by atoms with Crippen molar-refractivity contribution in [2.45, 2.75) is 33.1 Å². The van der Waals surface area contributed by atoms with Crippen molar-refractivity contribution < 1.29 is 4.79 Å². The predicted molar refractivity (Wildman–Crippen MR) is 105 cm³/mol. The molecule has 2 amide bonds. The summed E-state index contributed by atoms with van der Waals surface area (Å²) in [5.74, 6) is 1.19. The van der Waals surface area contributed by atoms with E-state index in [1.807, 2.05) is 27.0 Å². The zero-order valence-corrected chi connectivity index (χ0v) is 16.4. The molecule has 8 nitrogen and oxygen atoms in total. The van der Waals surface area contributed by atoms with Gasteiger partial charge in [-0.3, -0.25) is 5.10 Å². The zero-order valence-electron chi connectivity index (χ0n) is 16.4. The summed E-state index contributed by atoms with van der Waals surface area (Å²) in [4.78, 5) is 25.0. The van der Waals surface area contributed by atoms with Crippen LogP contribution >= 0.6 is 0 Å². The monoisotopic (exact) mass is 371 g/mol. The van der Waals surface area contributed by atoms with Crippen LogP contribution in [0.3, 0.4) is 0 Å². The number of rotatable bonds is 6. The summed E-state index contributed by atoms with van der Waals surface area (Å²) >= 11 is 0. The summed E-state index contributed by atoms with van der Waals surface area (Å²) < 4.78 is 0. The quantitative estimate of drug-likeness (QED) is 0.810. The molecule has 0 aliphatic carbocycles. The Labute approximate surface area is 160 Å². The molecule has 1 fully saturated rings. The van der Waals surface area contributed by atoms with Crippen molar-refractivity contribution in [2.75, 3.05) is 38.1 Å². The highest BCUT2D eigenvalue weighted by atomic mass is 16.2. The lowest BCUT2D eigenvalue weighted by Crippen LogP contribution is -2.45. The van der Waals surface area contributed by atoms with E-state index in [0.29, 0.717) is 19.0 Å². The van der Waals surface area contributed by atoms with Gasteiger partial charge in [0, 0.05) is 51.3 Å². The highest BCUT2D eigenvalue weighted by Crippen LogP contribution is 2.19. The fraction of sp³-hybridized carbons (Fsp3) is 0.579. The number of nitrogens with zero attached hydrogens (tertiary/aromatic N) is 5. The van der Waals surface area contributed by atoms with Gasteiger partial charge < -0.3 is 15.1 Å². The molecular formula is C19H29N7O. The Hall–Kier alpha value is -2.64. The number of anilines is 1. The maximum Gasteiger partial charge on any atom is 0.317 e. The Morgan fingerprint density at radius 2 is 2.15 bits per heavy atom. The molecule has 0 bridgehead atoms. The van der Waals surface area contributed by atoms with E-state index in [4.69, 9.17) is 0 Å². The Kier molecular flexibility index (Phi) is 6.26. The van der Waals surface area contributed by atoms with E-state index in [1.165, 1.54) is 5.56 Å². The Morgan fingerprint density at radius 1 is 1.37 bits per heavy atom. The normalized spacial score (nSPS) is 17.0. The number of aryl methyl sites for hydroxylation is 2. The first-order valence-corrected chi connectivity index (χ1v) is 9.56. The van der Waals surface area contributed by atoms with Crippen molar-refractivity contribution >= 4 is 12.0 Å². The Morgan fingerprint density at radius 3 is 2.85 bits per heavy atom. The van der Waals surface area contributed by atoms with Gasteiger partial charge >= 0.3 is 6.03 Å². The lowest BCUT2D eigenvalue weighted by molar-refractivity contribution is 0.206. The third-order valence-electron chi connectivity index (χ3n) is 5.22. The van der Waals surface area contributed by atoms with Crippen LogP contribution < -0.4 is 10.2 Å². The highest BCUT2D eigenvalue weighted by Gasteiger charge is 2.22. The molecule has 0 aromatic carbocycles. The van der Waals surface area contributed by atoms with Gasteiger partial charge in [0.25, 0.3) is 0 Å². The SMILES string of the molecule is Cc1n[nH]c(C)c1CCN(C)C(=O)NC[C@@H]1CCCN(c2ncccn2)C1. The van der Waals surface area contributed by atoms with Crippen LogP contribution in [-0.2, 0) is 6.42 Å². The van der Waals surface area contributed by atoms with Crippen molar-refractivity contribution in [1.82, 2.24) is 30.4 Å². The fourth-order valence-electron chi connectivity index (χ4n) is 3.56. The number of amides is 2. The summed E-state index contributed by atoms with van der Waals surface area (Å²) in [5.41, 5.74) is 3.28. The molecule has 1 atom stereocenters. The molecular weight excluding hydrogens is 342 g/mol. The lowest BCUT2D eigenvalue weighted by atomic mass is 9.98. The molecule has 1 aliphatic heterocycles. The topological polar surface area (TPSA) is 90.0 Å².